The van der Waals surface area contributed by atoms with E-state index in [4.69, 9.17) is 19.9 Å². The Morgan fingerprint density at radius 3 is 2.69 bits per heavy atom. The number of aryl methyl sites for hydroxylation is 4. The minimum atomic E-state index is 0.602. The van der Waals surface area contributed by atoms with Gasteiger partial charge < -0.3 is 14.0 Å². The third-order valence-corrected chi connectivity index (χ3v) is 6.69. The Balaban J connectivity index is 1.58. The van der Waals surface area contributed by atoms with Gasteiger partial charge in [0.05, 0.1) is 24.9 Å². The van der Waals surface area contributed by atoms with Gasteiger partial charge in [-0.1, -0.05) is 12.5 Å². The van der Waals surface area contributed by atoms with Gasteiger partial charge in [-0.15, -0.1) is 11.3 Å². The van der Waals surface area contributed by atoms with Gasteiger partial charge in [-0.05, 0) is 69.2 Å². The summed E-state index contributed by atoms with van der Waals surface area (Å²) in [6.07, 6.45) is 8.65. The smallest absolute Gasteiger partial charge is 0.161 e. The van der Waals surface area contributed by atoms with E-state index in [1.807, 2.05) is 30.8 Å². The van der Waals surface area contributed by atoms with E-state index in [1.165, 1.54) is 35.3 Å². The second kappa shape index (κ2) is 8.99. The van der Waals surface area contributed by atoms with Crippen molar-refractivity contribution in [3.05, 3.63) is 46.0 Å². The number of thiophene rings is 1. The Labute approximate surface area is 175 Å². The molecule has 0 aliphatic heterocycles. The van der Waals surface area contributed by atoms with Crippen LogP contribution >= 0.6 is 11.3 Å². The number of nitrogens with zero attached hydrogens (tertiary/aromatic N) is 2. The van der Waals surface area contributed by atoms with Crippen LogP contribution in [0.4, 0.5) is 0 Å². The lowest BCUT2D eigenvalue weighted by Gasteiger charge is -2.13. The molecule has 0 unspecified atom stereocenters. The first-order valence-corrected chi connectivity index (χ1v) is 11.5. The highest BCUT2D eigenvalue weighted by molar-refractivity contribution is 7.18. The Morgan fingerprint density at radius 2 is 1.86 bits per heavy atom. The van der Waals surface area contributed by atoms with Crippen LogP contribution < -0.4 is 15.0 Å². The van der Waals surface area contributed by atoms with Crippen molar-refractivity contribution in [1.29, 1.82) is 5.41 Å². The number of fused-ring (bicyclic) bond motifs is 3. The average Bonchev–Trinajstić information content (AvgIpc) is 2.92. The largest absolute Gasteiger partial charge is 0.490 e. The summed E-state index contributed by atoms with van der Waals surface area (Å²) in [6, 6.07) is 6.12. The maximum absolute atomic E-state index is 8.82. The van der Waals surface area contributed by atoms with Gasteiger partial charge >= 0.3 is 0 Å². The van der Waals surface area contributed by atoms with Crippen LogP contribution in [0.2, 0.25) is 0 Å². The van der Waals surface area contributed by atoms with Gasteiger partial charge in [0.25, 0.3) is 0 Å². The van der Waals surface area contributed by atoms with Gasteiger partial charge in [0, 0.05) is 11.4 Å². The molecule has 0 saturated heterocycles. The molecule has 2 aromatic heterocycles. The van der Waals surface area contributed by atoms with Crippen LogP contribution in [-0.2, 0) is 25.8 Å². The second-order valence-corrected chi connectivity index (χ2v) is 8.51. The van der Waals surface area contributed by atoms with Crippen molar-refractivity contribution in [2.45, 2.75) is 58.9 Å². The summed E-state index contributed by atoms with van der Waals surface area (Å²) in [5.41, 5.74) is 3.16. The molecule has 0 amide bonds. The number of ether oxygens (including phenoxy) is 2. The lowest BCUT2D eigenvalue weighted by Crippen LogP contribution is -2.22. The quantitative estimate of drug-likeness (QED) is 0.563. The molecule has 3 aromatic rings. The molecule has 154 valence electrons. The lowest BCUT2D eigenvalue weighted by atomic mass is 10.1. The van der Waals surface area contributed by atoms with Gasteiger partial charge in [-0.25, -0.2) is 4.98 Å². The van der Waals surface area contributed by atoms with E-state index in [9.17, 15) is 0 Å². The number of nitrogens with one attached hydrogen (secondary N) is 1. The fourth-order valence-electron chi connectivity index (χ4n) is 4.06. The van der Waals surface area contributed by atoms with E-state index in [1.54, 1.807) is 11.3 Å². The maximum Gasteiger partial charge on any atom is 0.161 e. The third-order valence-electron chi connectivity index (χ3n) is 5.49. The fraction of sp³-hybridized carbons (Fsp3) is 0.478. The Kier molecular flexibility index (Phi) is 6.19. The van der Waals surface area contributed by atoms with Crippen LogP contribution in [-0.4, -0.2) is 22.8 Å². The summed E-state index contributed by atoms with van der Waals surface area (Å²) >= 11 is 1.79. The molecule has 29 heavy (non-hydrogen) atoms. The Bertz CT molecular complexity index is 1050. The van der Waals surface area contributed by atoms with Gasteiger partial charge in [0.2, 0.25) is 0 Å². The Morgan fingerprint density at radius 1 is 1.07 bits per heavy atom. The molecule has 2 heterocycles. The van der Waals surface area contributed by atoms with Gasteiger partial charge in [0.15, 0.2) is 11.5 Å². The standard InChI is InChI=1S/C23H29N3O2S/c1-3-27-18-11-10-16(14-19(18)28-4-2)12-13-26-15-25-23-21(22(26)24)17-8-6-5-7-9-20(17)29-23/h10-11,14-15,24H,3-9,12-13H2,1-2H3. The first-order chi connectivity index (χ1) is 14.2. The van der Waals surface area contributed by atoms with Crippen LogP contribution in [0.1, 0.15) is 49.1 Å². The van der Waals surface area contributed by atoms with Crippen molar-refractivity contribution < 1.29 is 9.47 Å². The summed E-state index contributed by atoms with van der Waals surface area (Å²) < 4.78 is 13.4. The molecule has 0 radical (unpaired) electrons. The third kappa shape index (κ3) is 4.17. The van der Waals surface area contributed by atoms with Gasteiger partial charge in [-0.3, -0.25) is 5.41 Å². The molecule has 1 aromatic carbocycles. The molecular formula is C23H29N3O2S. The van der Waals surface area contributed by atoms with Crippen molar-refractivity contribution >= 4 is 21.6 Å². The van der Waals surface area contributed by atoms with Crippen LogP contribution in [0.15, 0.2) is 24.5 Å². The molecule has 0 fully saturated rings. The highest BCUT2D eigenvalue weighted by Gasteiger charge is 2.17. The zero-order valence-corrected chi connectivity index (χ0v) is 18.1. The fourth-order valence-corrected chi connectivity index (χ4v) is 5.29. The summed E-state index contributed by atoms with van der Waals surface area (Å²) in [7, 11) is 0. The molecule has 0 saturated carbocycles. The van der Waals surface area contributed by atoms with Crippen LogP contribution in [0, 0.1) is 5.41 Å². The topological polar surface area (TPSA) is 60.1 Å². The summed E-state index contributed by atoms with van der Waals surface area (Å²) in [6.45, 7) is 5.92. The molecule has 1 N–H and O–H groups in total. The highest BCUT2D eigenvalue weighted by atomic mass is 32.1. The molecule has 1 aliphatic carbocycles. The predicted octanol–water partition coefficient (Wildman–Crippen LogP) is 4.89. The van der Waals surface area contributed by atoms with E-state index < -0.39 is 0 Å². The average molecular weight is 412 g/mol. The molecule has 0 bridgehead atoms. The second-order valence-electron chi connectivity index (χ2n) is 7.43. The molecule has 6 heteroatoms. The number of hydrogen-bond acceptors (Lipinski definition) is 5. The van der Waals surface area contributed by atoms with Crippen LogP contribution in [0.5, 0.6) is 11.5 Å². The van der Waals surface area contributed by atoms with Crippen LogP contribution in [0.3, 0.4) is 0 Å². The van der Waals surface area contributed by atoms with Crippen molar-refractivity contribution in [2.75, 3.05) is 13.2 Å². The summed E-state index contributed by atoms with van der Waals surface area (Å²) in [5.74, 6) is 1.58. The van der Waals surface area contributed by atoms with Crippen molar-refractivity contribution in [1.82, 2.24) is 9.55 Å². The van der Waals surface area contributed by atoms with Crippen molar-refractivity contribution in [3.8, 4) is 11.5 Å². The molecule has 0 atom stereocenters. The van der Waals surface area contributed by atoms with E-state index in [0.29, 0.717) is 18.7 Å². The molecule has 0 spiro atoms. The summed E-state index contributed by atoms with van der Waals surface area (Å²) in [5, 5.41) is 9.90. The van der Waals surface area contributed by atoms with E-state index in [-0.39, 0.29) is 0 Å². The first kappa shape index (κ1) is 20.0. The highest BCUT2D eigenvalue weighted by Crippen LogP contribution is 2.33. The predicted molar refractivity (Wildman–Crippen MR) is 117 cm³/mol. The first-order valence-electron chi connectivity index (χ1n) is 10.6. The lowest BCUT2D eigenvalue weighted by molar-refractivity contribution is 0.287. The number of benzene rings is 1. The molecule has 4 rings (SSSR count). The Hall–Kier alpha value is -2.34. The zero-order valence-electron chi connectivity index (χ0n) is 17.3. The minimum absolute atomic E-state index is 0.602. The van der Waals surface area contributed by atoms with Crippen molar-refractivity contribution in [3.63, 3.8) is 0 Å². The molecule has 5 nitrogen and oxygen atoms in total. The molecular weight excluding hydrogens is 382 g/mol. The number of hydrogen-bond donors (Lipinski definition) is 1. The van der Waals surface area contributed by atoms with E-state index >= 15 is 0 Å². The van der Waals surface area contributed by atoms with Crippen LogP contribution in [0.25, 0.3) is 10.2 Å². The zero-order chi connectivity index (χ0) is 20.2. The normalized spacial score (nSPS) is 13.9. The van der Waals surface area contributed by atoms with Crippen molar-refractivity contribution in [2.24, 2.45) is 0 Å². The number of rotatable bonds is 7. The van der Waals surface area contributed by atoms with Gasteiger partial charge in [0.1, 0.15) is 10.3 Å². The van der Waals surface area contributed by atoms with Gasteiger partial charge in [-0.2, -0.15) is 0 Å². The monoisotopic (exact) mass is 411 g/mol. The molecule has 1 aliphatic rings. The minimum Gasteiger partial charge on any atom is -0.490 e. The van der Waals surface area contributed by atoms with E-state index in [2.05, 4.69) is 12.1 Å². The maximum atomic E-state index is 8.82. The number of aromatic nitrogens is 2. The summed E-state index contributed by atoms with van der Waals surface area (Å²) in [4.78, 5) is 7.17. The SMILES string of the molecule is CCOc1ccc(CCn2cnc3sc4c(c3c2=N)CCCCC4)cc1OCC. The van der Waals surface area contributed by atoms with E-state index in [0.717, 1.165) is 47.5 Å².